The number of fused-ring (bicyclic) bond motifs is 3. The highest BCUT2D eigenvalue weighted by Crippen LogP contribution is 2.60. The molecule has 1 aromatic carbocycles. The number of carbonyl (C=O) groups excluding carboxylic acids is 2. The first kappa shape index (κ1) is 18.5. The van der Waals surface area contributed by atoms with Gasteiger partial charge < -0.3 is 10.1 Å². The second kappa shape index (κ2) is 6.36. The van der Waals surface area contributed by atoms with Crippen LogP contribution in [-0.2, 0) is 21.5 Å². The number of imide groups is 1. The normalized spacial score (nSPS) is 32.3. The predicted molar refractivity (Wildman–Crippen MR) is 106 cm³/mol. The van der Waals surface area contributed by atoms with Gasteiger partial charge >= 0.3 is 6.03 Å². The number of benzene rings is 1. The van der Waals surface area contributed by atoms with Crippen molar-refractivity contribution >= 4 is 27.9 Å². The summed E-state index contributed by atoms with van der Waals surface area (Å²) >= 11 is 3.55. The standard InChI is InChI=1S/C21H25BrN2O3/c1-4-27-16-7-9-20(10-8-16)12-14-5-6-15(22)11-17(14)21(20)18(25)24(13(2)3)19(26)23-21/h4-6,11,13,16H,1,7-10,12H2,2-3H3,(H,23,26). The molecule has 2 aliphatic carbocycles. The SMILES string of the molecule is C=COC1CCC2(CC1)Cc1ccc(Br)cc1C21NC(=O)N(C(C)C)C1=O. The minimum Gasteiger partial charge on any atom is -0.499 e. The summed E-state index contributed by atoms with van der Waals surface area (Å²) in [4.78, 5) is 27.9. The van der Waals surface area contributed by atoms with Crippen molar-refractivity contribution in [1.29, 1.82) is 0 Å². The van der Waals surface area contributed by atoms with Crippen molar-refractivity contribution in [3.05, 3.63) is 46.6 Å². The molecule has 0 radical (unpaired) electrons. The molecular formula is C21H25BrN2O3. The van der Waals surface area contributed by atoms with Gasteiger partial charge in [0.25, 0.3) is 5.91 Å². The fourth-order valence-electron chi connectivity index (χ4n) is 5.36. The van der Waals surface area contributed by atoms with Crippen molar-refractivity contribution in [3.8, 4) is 0 Å². The molecule has 2 fully saturated rings. The largest absolute Gasteiger partial charge is 0.499 e. The van der Waals surface area contributed by atoms with Crippen molar-refractivity contribution in [2.45, 2.75) is 63.6 Å². The van der Waals surface area contributed by atoms with Crippen molar-refractivity contribution in [2.24, 2.45) is 5.41 Å². The van der Waals surface area contributed by atoms with Crippen LogP contribution in [0.3, 0.4) is 0 Å². The van der Waals surface area contributed by atoms with Crippen LogP contribution < -0.4 is 5.32 Å². The molecule has 144 valence electrons. The van der Waals surface area contributed by atoms with E-state index in [4.69, 9.17) is 4.74 Å². The minimum atomic E-state index is -0.980. The van der Waals surface area contributed by atoms with Crippen molar-refractivity contribution in [1.82, 2.24) is 10.2 Å². The topological polar surface area (TPSA) is 58.6 Å². The van der Waals surface area contributed by atoms with Crippen LogP contribution in [0, 0.1) is 5.41 Å². The molecule has 4 rings (SSSR count). The molecule has 1 N–H and O–H groups in total. The number of hydrogen-bond acceptors (Lipinski definition) is 3. The molecule has 1 unspecified atom stereocenters. The lowest BCUT2D eigenvalue weighted by molar-refractivity contribution is -0.139. The molecule has 27 heavy (non-hydrogen) atoms. The molecule has 1 heterocycles. The van der Waals surface area contributed by atoms with Crippen molar-refractivity contribution in [3.63, 3.8) is 0 Å². The Labute approximate surface area is 168 Å². The van der Waals surface area contributed by atoms with Crippen LogP contribution in [0.15, 0.2) is 35.5 Å². The molecule has 3 aliphatic rings. The lowest BCUT2D eigenvalue weighted by Crippen LogP contribution is -2.57. The Hall–Kier alpha value is -1.82. The van der Waals surface area contributed by atoms with Crippen LogP contribution in [0.5, 0.6) is 0 Å². The number of ether oxygens (including phenoxy) is 1. The summed E-state index contributed by atoms with van der Waals surface area (Å²) in [5.74, 6) is -0.109. The number of urea groups is 1. The first-order chi connectivity index (χ1) is 12.8. The Balaban J connectivity index is 1.83. The summed E-state index contributed by atoms with van der Waals surface area (Å²) in [6.07, 6.45) is 5.80. The van der Waals surface area contributed by atoms with Gasteiger partial charge in [-0.25, -0.2) is 4.79 Å². The average molecular weight is 433 g/mol. The number of nitrogens with one attached hydrogen (secondary N) is 1. The molecule has 1 aromatic rings. The van der Waals surface area contributed by atoms with Gasteiger partial charge in [-0.2, -0.15) is 0 Å². The van der Waals surface area contributed by atoms with Crippen LogP contribution in [0.1, 0.15) is 50.7 Å². The lowest BCUT2D eigenvalue weighted by atomic mass is 9.61. The molecule has 5 nitrogen and oxygen atoms in total. The van der Waals surface area contributed by atoms with E-state index in [9.17, 15) is 9.59 Å². The quantitative estimate of drug-likeness (QED) is 0.573. The Morgan fingerprint density at radius 1 is 1.33 bits per heavy atom. The second-order valence-corrected chi connectivity index (χ2v) is 9.13. The van der Waals surface area contributed by atoms with Crippen LogP contribution in [-0.4, -0.2) is 29.0 Å². The average Bonchev–Trinajstić information content (AvgIpc) is 3.04. The summed E-state index contributed by atoms with van der Waals surface area (Å²) in [7, 11) is 0. The summed E-state index contributed by atoms with van der Waals surface area (Å²) in [6, 6.07) is 5.65. The van der Waals surface area contributed by atoms with Gasteiger partial charge in [-0.15, -0.1) is 0 Å². The third-order valence-electron chi connectivity index (χ3n) is 6.55. The van der Waals surface area contributed by atoms with Gasteiger partial charge in [0, 0.05) is 15.9 Å². The van der Waals surface area contributed by atoms with E-state index in [0.29, 0.717) is 0 Å². The molecule has 6 heteroatoms. The number of amides is 3. The van der Waals surface area contributed by atoms with E-state index in [1.165, 1.54) is 11.2 Å². The Morgan fingerprint density at radius 3 is 2.63 bits per heavy atom. The first-order valence-corrected chi connectivity index (χ1v) is 10.3. The summed E-state index contributed by atoms with van der Waals surface area (Å²) in [5, 5.41) is 3.16. The van der Waals surface area contributed by atoms with E-state index in [0.717, 1.165) is 47.7 Å². The van der Waals surface area contributed by atoms with Gasteiger partial charge in [-0.3, -0.25) is 9.69 Å². The fraction of sp³-hybridized carbons (Fsp3) is 0.524. The maximum absolute atomic E-state index is 13.7. The highest BCUT2D eigenvalue weighted by molar-refractivity contribution is 9.10. The number of halogens is 1. The molecule has 0 aromatic heterocycles. The number of carbonyl (C=O) groups is 2. The number of nitrogens with zero attached hydrogens (tertiary/aromatic N) is 1. The highest BCUT2D eigenvalue weighted by atomic mass is 79.9. The number of rotatable bonds is 3. The van der Waals surface area contributed by atoms with Crippen LogP contribution in [0.25, 0.3) is 0 Å². The third-order valence-corrected chi connectivity index (χ3v) is 7.04. The summed E-state index contributed by atoms with van der Waals surface area (Å²) in [6.45, 7) is 7.43. The van der Waals surface area contributed by atoms with Gasteiger partial charge in [-0.05, 0) is 69.2 Å². The van der Waals surface area contributed by atoms with Gasteiger partial charge in [0.05, 0.1) is 12.4 Å². The van der Waals surface area contributed by atoms with Gasteiger partial charge in [-0.1, -0.05) is 28.6 Å². The minimum absolute atomic E-state index is 0.109. The maximum atomic E-state index is 13.7. The molecule has 2 spiro atoms. The van der Waals surface area contributed by atoms with Crippen LogP contribution in [0.4, 0.5) is 4.79 Å². The first-order valence-electron chi connectivity index (χ1n) is 9.56. The third kappa shape index (κ3) is 2.49. The molecule has 1 aliphatic heterocycles. The molecule has 3 amide bonds. The molecule has 1 saturated carbocycles. The fourth-order valence-corrected chi connectivity index (χ4v) is 5.72. The van der Waals surface area contributed by atoms with E-state index in [-0.39, 0.29) is 29.5 Å². The smallest absolute Gasteiger partial charge is 0.325 e. The summed E-state index contributed by atoms with van der Waals surface area (Å²) in [5.41, 5.74) is 0.808. The Kier molecular flexibility index (Phi) is 4.37. The second-order valence-electron chi connectivity index (χ2n) is 8.21. The van der Waals surface area contributed by atoms with Gasteiger partial charge in [0.15, 0.2) is 5.54 Å². The van der Waals surface area contributed by atoms with Crippen molar-refractivity contribution < 1.29 is 14.3 Å². The summed E-state index contributed by atoms with van der Waals surface area (Å²) < 4.78 is 6.54. The molecular weight excluding hydrogens is 408 g/mol. The van der Waals surface area contributed by atoms with E-state index in [2.05, 4.69) is 33.9 Å². The van der Waals surface area contributed by atoms with E-state index < -0.39 is 5.54 Å². The molecule has 1 saturated heterocycles. The zero-order chi connectivity index (χ0) is 19.4. The number of hydrogen-bond donors (Lipinski definition) is 1. The zero-order valence-corrected chi connectivity index (χ0v) is 17.3. The van der Waals surface area contributed by atoms with Gasteiger partial charge in [0.1, 0.15) is 0 Å². The van der Waals surface area contributed by atoms with Crippen LogP contribution in [0.2, 0.25) is 0 Å². The zero-order valence-electron chi connectivity index (χ0n) is 15.8. The van der Waals surface area contributed by atoms with Crippen LogP contribution >= 0.6 is 15.9 Å². The Bertz CT molecular complexity index is 814. The van der Waals surface area contributed by atoms with Gasteiger partial charge in [0.2, 0.25) is 0 Å². The van der Waals surface area contributed by atoms with E-state index in [1.807, 2.05) is 26.0 Å². The lowest BCUT2D eigenvalue weighted by Gasteiger charge is -2.46. The van der Waals surface area contributed by atoms with Crippen molar-refractivity contribution in [2.75, 3.05) is 0 Å². The monoisotopic (exact) mass is 432 g/mol. The van der Waals surface area contributed by atoms with E-state index >= 15 is 0 Å². The molecule has 0 bridgehead atoms. The predicted octanol–water partition coefficient (Wildman–Crippen LogP) is 4.25. The van der Waals surface area contributed by atoms with E-state index in [1.54, 1.807) is 0 Å². The molecule has 1 atom stereocenters. The Morgan fingerprint density at radius 2 is 2.04 bits per heavy atom. The highest BCUT2D eigenvalue weighted by Gasteiger charge is 2.68. The maximum Gasteiger partial charge on any atom is 0.325 e.